The van der Waals surface area contributed by atoms with Crippen molar-refractivity contribution >= 4 is 23.7 Å². The molecule has 0 spiro atoms. The first-order valence-electron chi connectivity index (χ1n) is 6.10. The fourth-order valence-corrected chi connectivity index (χ4v) is 3.12. The van der Waals surface area contributed by atoms with Crippen molar-refractivity contribution in [2.75, 3.05) is 6.54 Å². The van der Waals surface area contributed by atoms with Gasteiger partial charge in [0.1, 0.15) is 5.01 Å². The van der Waals surface area contributed by atoms with Crippen molar-refractivity contribution in [2.24, 2.45) is 7.05 Å². The largest absolute Gasteiger partial charge is 0.319 e. The summed E-state index contributed by atoms with van der Waals surface area (Å²) < 4.78 is 1.56. The lowest BCUT2D eigenvalue weighted by Gasteiger charge is -2.04. The molecule has 3 rings (SSSR count). The van der Waals surface area contributed by atoms with Crippen LogP contribution in [0.5, 0.6) is 0 Å². The second-order valence-corrected chi connectivity index (χ2v) is 5.47. The smallest absolute Gasteiger partial charge is 0.250 e. The van der Waals surface area contributed by atoms with E-state index >= 15 is 0 Å². The topological polar surface area (TPSA) is 46.9 Å². The minimum atomic E-state index is 0. The summed E-state index contributed by atoms with van der Waals surface area (Å²) in [6, 6.07) is 3.97. The van der Waals surface area contributed by atoms with Crippen molar-refractivity contribution in [3.8, 4) is 11.3 Å². The van der Waals surface area contributed by atoms with Gasteiger partial charge in [-0.3, -0.25) is 4.79 Å². The van der Waals surface area contributed by atoms with Crippen LogP contribution >= 0.6 is 23.7 Å². The quantitative estimate of drug-likeness (QED) is 0.925. The molecule has 0 amide bonds. The van der Waals surface area contributed by atoms with E-state index in [1.165, 1.54) is 6.42 Å². The van der Waals surface area contributed by atoms with Gasteiger partial charge in [-0.2, -0.15) is 0 Å². The molecule has 0 saturated carbocycles. The summed E-state index contributed by atoms with van der Waals surface area (Å²) in [4.78, 5) is 16.2. The van der Waals surface area contributed by atoms with Crippen LogP contribution in [0.2, 0.25) is 0 Å². The van der Waals surface area contributed by atoms with Gasteiger partial charge in [-0.15, -0.1) is 23.7 Å². The van der Waals surface area contributed by atoms with Crippen molar-refractivity contribution in [1.29, 1.82) is 0 Å². The molecule has 1 aliphatic rings. The van der Waals surface area contributed by atoms with Gasteiger partial charge >= 0.3 is 0 Å². The lowest BCUT2D eigenvalue weighted by atomic mass is 10.2. The summed E-state index contributed by atoms with van der Waals surface area (Å²) in [5.74, 6) is 0. The molecule has 4 nitrogen and oxygen atoms in total. The van der Waals surface area contributed by atoms with Crippen LogP contribution < -0.4 is 10.9 Å². The van der Waals surface area contributed by atoms with E-state index in [4.69, 9.17) is 0 Å². The molecule has 1 aliphatic heterocycles. The van der Waals surface area contributed by atoms with Crippen molar-refractivity contribution < 1.29 is 0 Å². The predicted octanol–water partition coefficient (Wildman–Crippen LogP) is 2.36. The van der Waals surface area contributed by atoms with Gasteiger partial charge in [0.15, 0.2) is 0 Å². The van der Waals surface area contributed by atoms with E-state index in [-0.39, 0.29) is 18.0 Å². The molecule has 2 aromatic heterocycles. The van der Waals surface area contributed by atoms with E-state index in [1.807, 2.05) is 11.4 Å². The highest BCUT2D eigenvalue weighted by Crippen LogP contribution is 2.29. The van der Waals surface area contributed by atoms with Crippen LogP contribution in [0.4, 0.5) is 0 Å². The van der Waals surface area contributed by atoms with E-state index in [9.17, 15) is 4.79 Å². The number of rotatable bonds is 2. The number of hydrogen-bond donors (Lipinski definition) is 1. The average Bonchev–Trinajstić information content (AvgIpc) is 3.01. The van der Waals surface area contributed by atoms with Crippen LogP contribution in [0.1, 0.15) is 23.9 Å². The molecule has 3 heterocycles. The zero-order chi connectivity index (χ0) is 12.5. The summed E-state index contributed by atoms with van der Waals surface area (Å²) in [5, 5.41) is 6.60. The van der Waals surface area contributed by atoms with Gasteiger partial charge in [0.05, 0.1) is 11.7 Å². The van der Waals surface area contributed by atoms with E-state index in [0.717, 1.165) is 29.2 Å². The summed E-state index contributed by atoms with van der Waals surface area (Å²) in [5.41, 5.74) is 1.81. The van der Waals surface area contributed by atoms with Crippen molar-refractivity contribution in [2.45, 2.75) is 18.9 Å². The molecule has 0 bridgehead atoms. The fraction of sp³-hybridized carbons (Fsp3) is 0.385. The Morgan fingerprint density at radius 3 is 3.05 bits per heavy atom. The second kappa shape index (κ2) is 5.86. The van der Waals surface area contributed by atoms with E-state index in [0.29, 0.717) is 6.04 Å². The maximum Gasteiger partial charge on any atom is 0.250 e. The van der Waals surface area contributed by atoms with Crippen LogP contribution in [0.25, 0.3) is 11.3 Å². The first-order chi connectivity index (χ1) is 8.74. The number of thiazole rings is 1. The molecule has 19 heavy (non-hydrogen) atoms. The zero-order valence-electron chi connectivity index (χ0n) is 10.6. The normalized spacial score (nSPS) is 18.3. The standard InChI is InChI=1S/C13H15N3OS.ClH/c1-16-6-4-9(7-12(16)17)11-8-18-13(15-11)10-3-2-5-14-10;/h4,6-8,10,14H,2-3,5H2,1H3;1H/t10-;/m1./s1. The average molecular weight is 298 g/mol. The van der Waals surface area contributed by atoms with Gasteiger partial charge in [0.2, 0.25) is 0 Å². The first kappa shape index (κ1) is 14.2. The van der Waals surface area contributed by atoms with Crippen LogP contribution in [0.3, 0.4) is 0 Å². The minimum absolute atomic E-state index is 0. The van der Waals surface area contributed by atoms with Crippen LogP contribution in [0.15, 0.2) is 28.5 Å². The molecule has 0 aromatic carbocycles. The minimum Gasteiger partial charge on any atom is -0.319 e. The molecule has 1 atom stereocenters. The van der Waals surface area contributed by atoms with Gasteiger partial charge in [0, 0.05) is 30.3 Å². The Morgan fingerprint density at radius 2 is 2.37 bits per heavy atom. The van der Waals surface area contributed by atoms with E-state index in [2.05, 4.69) is 10.3 Å². The van der Waals surface area contributed by atoms with Gasteiger partial charge in [-0.05, 0) is 25.5 Å². The highest BCUT2D eigenvalue weighted by Gasteiger charge is 2.19. The van der Waals surface area contributed by atoms with Crippen molar-refractivity contribution in [3.05, 3.63) is 39.1 Å². The number of aromatic nitrogens is 2. The predicted molar refractivity (Wildman–Crippen MR) is 80.0 cm³/mol. The Balaban J connectivity index is 0.00000133. The number of nitrogens with zero attached hydrogens (tertiary/aromatic N) is 2. The number of hydrogen-bond acceptors (Lipinski definition) is 4. The lowest BCUT2D eigenvalue weighted by Crippen LogP contribution is -2.14. The first-order valence-corrected chi connectivity index (χ1v) is 6.98. The van der Waals surface area contributed by atoms with Crippen molar-refractivity contribution in [1.82, 2.24) is 14.9 Å². The van der Waals surface area contributed by atoms with Gasteiger partial charge in [-0.25, -0.2) is 4.98 Å². The lowest BCUT2D eigenvalue weighted by molar-refractivity contribution is 0.643. The molecule has 0 unspecified atom stereocenters. The van der Waals surface area contributed by atoms with Crippen LogP contribution in [-0.2, 0) is 7.05 Å². The number of halogens is 1. The third-order valence-electron chi connectivity index (χ3n) is 3.28. The molecule has 102 valence electrons. The van der Waals surface area contributed by atoms with Crippen LogP contribution in [-0.4, -0.2) is 16.1 Å². The number of aryl methyl sites for hydroxylation is 1. The highest BCUT2D eigenvalue weighted by atomic mass is 35.5. The molecular formula is C13H16ClN3OS. The van der Waals surface area contributed by atoms with Gasteiger partial charge < -0.3 is 9.88 Å². The molecule has 0 aliphatic carbocycles. The maximum atomic E-state index is 11.6. The summed E-state index contributed by atoms with van der Waals surface area (Å²) in [6.07, 6.45) is 4.15. The highest BCUT2D eigenvalue weighted by molar-refractivity contribution is 7.10. The molecule has 0 radical (unpaired) electrons. The fourth-order valence-electron chi connectivity index (χ4n) is 2.18. The Labute approximate surface area is 121 Å². The Hall–Kier alpha value is -1.17. The second-order valence-electron chi connectivity index (χ2n) is 4.58. The third-order valence-corrected chi connectivity index (χ3v) is 4.24. The molecule has 1 N–H and O–H groups in total. The number of pyridine rings is 1. The molecule has 6 heteroatoms. The van der Waals surface area contributed by atoms with Gasteiger partial charge in [0.25, 0.3) is 5.56 Å². The van der Waals surface area contributed by atoms with Crippen LogP contribution in [0, 0.1) is 0 Å². The Kier molecular flexibility index (Phi) is 4.39. The monoisotopic (exact) mass is 297 g/mol. The Bertz CT molecular complexity index is 616. The summed E-state index contributed by atoms with van der Waals surface area (Å²) in [6.45, 7) is 1.07. The SMILES string of the molecule is Cl.Cn1ccc(-c2csc([C@H]3CCCN3)n2)cc1=O. The third kappa shape index (κ3) is 2.88. The maximum absolute atomic E-state index is 11.6. The molecular weight excluding hydrogens is 282 g/mol. The summed E-state index contributed by atoms with van der Waals surface area (Å²) >= 11 is 1.67. The molecule has 1 fully saturated rings. The summed E-state index contributed by atoms with van der Waals surface area (Å²) in [7, 11) is 1.75. The zero-order valence-corrected chi connectivity index (χ0v) is 12.3. The van der Waals surface area contributed by atoms with Crippen molar-refractivity contribution in [3.63, 3.8) is 0 Å². The molecule has 1 saturated heterocycles. The molecule has 2 aromatic rings. The Morgan fingerprint density at radius 1 is 1.53 bits per heavy atom. The van der Waals surface area contributed by atoms with E-state index in [1.54, 1.807) is 35.2 Å². The number of nitrogens with one attached hydrogen (secondary N) is 1. The van der Waals surface area contributed by atoms with E-state index < -0.39 is 0 Å². The van der Waals surface area contributed by atoms with Gasteiger partial charge in [-0.1, -0.05) is 0 Å².